The summed E-state index contributed by atoms with van der Waals surface area (Å²) in [7, 11) is 0. The van der Waals surface area contributed by atoms with Gasteiger partial charge >= 0.3 is 0 Å². The molecular weight excluding hydrogens is 264 g/mol. The van der Waals surface area contributed by atoms with Crippen molar-refractivity contribution in [1.82, 2.24) is 5.32 Å². The summed E-state index contributed by atoms with van der Waals surface area (Å²) in [5.74, 6) is 0.338. The van der Waals surface area contributed by atoms with Gasteiger partial charge < -0.3 is 10.6 Å². The van der Waals surface area contributed by atoms with Crippen molar-refractivity contribution in [2.75, 3.05) is 11.9 Å². The van der Waals surface area contributed by atoms with Crippen LogP contribution in [0.5, 0.6) is 0 Å². The number of amides is 2. The number of para-hydroxylation sites is 1. The largest absolute Gasteiger partial charge is 0.347 e. The molecule has 0 aliphatic rings. The van der Waals surface area contributed by atoms with Crippen molar-refractivity contribution >= 4 is 17.5 Å². The molecule has 0 saturated carbocycles. The van der Waals surface area contributed by atoms with Gasteiger partial charge in [0.25, 0.3) is 0 Å². The molecule has 2 N–H and O–H groups in total. The predicted molar refractivity (Wildman–Crippen MR) is 86.4 cm³/mol. The van der Waals surface area contributed by atoms with Crippen molar-refractivity contribution in [3.05, 3.63) is 29.3 Å². The monoisotopic (exact) mass is 290 g/mol. The molecular formula is C17H26N2O2. The van der Waals surface area contributed by atoms with Gasteiger partial charge in [0.1, 0.15) is 0 Å². The Bertz CT molecular complexity index is 508. The van der Waals surface area contributed by atoms with Gasteiger partial charge in [-0.1, -0.05) is 45.9 Å². The first kappa shape index (κ1) is 17.2. The van der Waals surface area contributed by atoms with E-state index in [0.29, 0.717) is 12.3 Å². The van der Waals surface area contributed by atoms with Gasteiger partial charge in [0, 0.05) is 12.1 Å². The molecule has 0 fully saturated rings. The van der Waals surface area contributed by atoms with E-state index in [1.807, 2.05) is 39.0 Å². The summed E-state index contributed by atoms with van der Waals surface area (Å²) in [5.41, 5.74) is 3.00. The Balaban J connectivity index is 2.65. The van der Waals surface area contributed by atoms with Crippen LogP contribution < -0.4 is 10.6 Å². The van der Waals surface area contributed by atoms with Gasteiger partial charge in [-0.3, -0.25) is 9.59 Å². The molecule has 2 amide bonds. The Morgan fingerprint density at radius 3 is 2.33 bits per heavy atom. The minimum absolute atomic E-state index is 0.0113. The van der Waals surface area contributed by atoms with Crippen LogP contribution in [0.3, 0.4) is 0 Å². The quantitative estimate of drug-likeness (QED) is 0.845. The maximum absolute atomic E-state index is 12.0. The van der Waals surface area contributed by atoms with E-state index in [9.17, 15) is 9.59 Å². The fourth-order valence-corrected chi connectivity index (χ4v) is 2.15. The second-order valence-electron chi connectivity index (χ2n) is 6.12. The first-order valence-electron chi connectivity index (χ1n) is 7.47. The molecule has 0 atom stereocenters. The highest BCUT2D eigenvalue weighted by atomic mass is 16.2. The maximum atomic E-state index is 12.0. The van der Waals surface area contributed by atoms with Gasteiger partial charge in [0.15, 0.2) is 0 Å². The summed E-state index contributed by atoms with van der Waals surface area (Å²) in [6.45, 7) is 10.1. The summed E-state index contributed by atoms with van der Waals surface area (Å²) < 4.78 is 0. The summed E-state index contributed by atoms with van der Waals surface area (Å²) in [6.07, 6.45) is 0.439. The van der Waals surface area contributed by atoms with E-state index in [1.54, 1.807) is 0 Å². The van der Waals surface area contributed by atoms with Crippen molar-refractivity contribution in [3.8, 4) is 0 Å². The second-order valence-corrected chi connectivity index (χ2v) is 6.12. The third-order valence-electron chi connectivity index (χ3n) is 3.23. The molecule has 4 heteroatoms. The van der Waals surface area contributed by atoms with Gasteiger partial charge in [-0.2, -0.15) is 0 Å². The average Bonchev–Trinajstić information content (AvgIpc) is 2.37. The Hall–Kier alpha value is -1.84. The highest BCUT2D eigenvalue weighted by Gasteiger charge is 2.13. The van der Waals surface area contributed by atoms with E-state index >= 15 is 0 Å². The number of aryl methyl sites for hydroxylation is 1. The summed E-state index contributed by atoms with van der Waals surface area (Å²) >= 11 is 0. The molecule has 1 aromatic rings. The number of anilines is 1. The number of carbonyl (C=O) groups is 2. The Labute approximate surface area is 127 Å². The van der Waals surface area contributed by atoms with Crippen LogP contribution in [0.25, 0.3) is 0 Å². The molecule has 0 aromatic heterocycles. The minimum atomic E-state index is -0.191. The third kappa shape index (κ3) is 5.58. The van der Waals surface area contributed by atoms with Crippen LogP contribution in [0.1, 0.15) is 51.2 Å². The lowest BCUT2D eigenvalue weighted by atomic mass is 9.98. The molecule has 0 aliphatic heterocycles. The second kappa shape index (κ2) is 7.81. The highest BCUT2D eigenvalue weighted by molar-refractivity contribution is 5.95. The van der Waals surface area contributed by atoms with Crippen molar-refractivity contribution < 1.29 is 9.59 Å². The topological polar surface area (TPSA) is 58.2 Å². The fourth-order valence-electron chi connectivity index (χ4n) is 2.15. The first-order valence-corrected chi connectivity index (χ1v) is 7.47. The smallest absolute Gasteiger partial charge is 0.243 e. The highest BCUT2D eigenvalue weighted by Crippen LogP contribution is 2.27. The van der Waals surface area contributed by atoms with Crippen molar-refractivity contribution in [2.45, 2.75) is 47.0 Å². The van der Waals surface area contributed by atoms with Gasteiger partial charge in [0.05, 0.1) is 6.54 Å². The third-order valence-corrected chi connectivity index (χ3v) is 3.23. The lowest BCUT2D eigenvalue weighted by Gasteiger charge is -2.16. The van der Waals surface area contributed by atoms with Crippen molar-refractivity contribution in [1.29, 1.82) is 0 Å². The SMILES string of the molecule is Cc1cccc(C(C)C)c1NC(=O)CNC(=O)CC(C)C. The normalized spacial score (nSPS) is 10.8. The molecule has 0 saturated heterocycles. The molecule has 0 bridgehead atoms. The number of nitrogens with one attached hydrogen (secondary N) is 2. The molecule has 1 rings (SSSR count). The van der Waals surface area contributed by atoms with Crippen LogP contribution in [0, 0.1) is 12.8 Å². The molecule has 1 aromatic carbocycles. The summed E-state index contributed by atoms with van der Waals surface area (Å²) in [5, 5.41) is 5.57. The summed E-state index contributed by atoms with van der Waals surface area (Å²) in [4.78, 5) is 23.6. The Morgan fingerprint density at radius 2 is 1.76 bits per heavy atom. The average molecular weight is 290 g/mol. The minimum Gasteiger partial charge on any atom is -0.347 e. The lowest BCUT2D eigenvalue weighted by Crippen LogP contribution is -2.33. The first-order chi connectivity index (χ1) is 9.81. The molecule has 0 heterocycles. The zero-order chi connectivity index (χ0) is 16.0. The van der Waals surface area contributed by atoms with E-state index in [1.165, 1.54) is 0 Å². The fraction of sp³-hybridized carbons (Fsp3) is 0.529. The van der Waals surface area contributed by atoms with E-state index in [-0.39, 0.29) is 24.3 Å². The number of rotatable bonds is 6. The van der Waals surface area contributed by atoms with Gasteiger partial charge in [-0.25, -0.2) is 0 Å². The van der Waals surface area contributed by atoms with E-state index in [4.69, 9.17) is 0 Å². The van der Waals surface area contributed by atoms with Crippen LogP contribution in [0.4, 0.5) is 5.69 Å². The number of carbonyl (C=O) groups excluding carboxylic acids is 2. The zero-order valence-corrected chi connectivity index (χ0v) is 13.6. The van der Waals surface area contributed by atoms with Gasteiger partial charge in [-0.05, 0) is 29.9 Å². The van der Waals surface area contributed by atoms with Gasteiger partial charge in [-0.15, -0.1) is 0 Å². The number of hydrogen-bond donors (Lipinski definition) is 2. The van der Waals surface area contributed by atoms with Crippen molar-refractivity contribution in [2.24, 2.45) is 5.92 Å². The van der Waals surface area contributed by atoms with E-state index in [0.717, 1.165) is 16.8 Å². The van der Waals surface area contributed by atoms with E-state index < -0.39 is 0 Å². The van der Waals surface area contributed by atoms with E-state index in [2.05, 4.69) is 24.5 Å². The number of benzene rings is 1. The zero-order valence-electron chi connectivity index (χ0n) is 13.6. The van der Waals surface area contributed by atoms with Crippen LogP contribution >= 0.6 is 0 Å². The maximum Gasteiger partial charge on any atom is 0.243 e. The van der Waals surface area contributed by atoms with Crippen LogP contribution in [-0.4, -0.2) is 18.4 Å². The Kier molecular flexibility index (Phi) is 6.40. The molecule has 0 aliphatic carbocycles. The van der Waals surface area contributed by atoms with Crippen LogP contribution in [0.2, 0.25) is 0 Å². The Morgan fingerprint density at radius 1 is 1.10 bits per heavy atom. The standard InChI is InChI=1S/C17H26N2O2/c1-11(2)9-15(20)18-10-16(21)19-17-13(5)7-6-8-14(17)12(3)4/h6-8,11-12H,9-10H2,1-5H3,(H,18,20)(H,19,21). The predicted octanol–water partition coefficient (Wildman–Crippen LogP) is 3.22. The molecule has 116 valence electrons. The molecule has 0 radical (unpaired) electrons. The number of hydrogen-bond acceptors (Lipinski definition) is 2. The molecule has 0 unspecified atom stereocenters. The molecule has 21 heavy (non-hydrogen) atoms. The van der Waals surface area contributed by atoms with Crippen molar-refractivity contribution in [3.63, 3.8) is 0 Å². The van der Waals surface area contributed by atoms with Crippen LogP contribution in [0.15, 0.2) is 18.2 Å². The molecule has 0 spiro atoms. The lowest BCUT2D eigenvalue weighted by molar-refractivity contribution is -0.124. The van der Waals surface area contributed by atoms with Gasteiger partial charge in [0.2, 0.25) is 11.8 Å². The molecule has 4 nitrogen and oxygen atoms in total. The summed E-state index contributed by atoms with van der Waals surface area (Å²) in [6, 6.07) is 5.98. The van der Waals surface area contributed by atoms with Crippen LogP contribution in [-0.2, 0) is 9.59 Å².